The summed E-state index contributed by atoms with van der Waals surface area (Å²) in [5.41, 5.74) is 1.04. The lowest BCUT2D eigenvalue weighted by Gasteiger charge is -1.95. The molecule has 1 aliphatic carbocycles. The van der Waals surface area contributed by atoms with Gasteiger partial charge in [0.05, 0.1) is 0 Å². The van der Waals surface area contributed by atoms with E-state index in [1.807, 2.05) is 18.3 Å². The van der Waals surface area contributed by atoms with Gasteiger partial charge < -0.3 is 5.32 Å². The summed E-state index contributed by atoms with van der Waals surface area (Å²) < 4.78 is 0. The van der Waals surface area contributed by atoms with Crippen LogP contribution in [0.5, 0.6) is 0 Å². The van der Waals surface area contributed by atoms with Crippen molar-refractivity contribution in [3.8, 4) is 10.6 Å². The van der Waals surface area contributed by atoms with Crippen molar-refractivity contribution in [2.45, 2.75) is 25.4 Å². The molecule has 0 aromatic carbocycles. The third kappa shape index (κ3) is 2.25. The molecule has 5 heteroatoms. The first-order valence-electron chi connectivity index (χ1n) is 5.38. The second kappa shape index (κ2) is 4.27. The Morgan fingerprint density at radius 1 is 1.38 bits per heavy atom. The van der Waals surface area contributed by atoms with Crippen LogP contribution in [-0.2, 0) is 6.54 Å². The highest BCUT2D eigenvalue weighted by molar-refractivity contribution is 7.14. The van der Waals surface area contributed by atoms with E-state index in [0.717, 1.165) is 22.1 Å². The average molecular weight is 232 g/mol. The molecule has 2 aromatic rings. The van der Waals surface area contributed by atoms with Gasteiger partial charge in [-0.1, -0.05) is 11.3 Å². The number of rotatable bonds is 4. The molecule has 0 saturated heterocycles. The van der Waals surface area contributed by atoms with Crippen LogP contribution in [0.1, 0.15) is 17.8 Å². The van der Waals surface area contributed by atoms with E-state index in [0.29, 0.717) is 6.04 Å². The molecular formula is C11H12N4S. The first-order valence-corrected chi connectivity index (χ1v) is 6.19. The zero-order valence-electron chi connectivity index (χ0n) is 8.76. The van der Waals surface area contributed by atoms with Gasteiger partial charge in [0.25, 0.3) is 0 Å². The van der Waals surface area contributed by atoms with Crippen LogP contribution < -0.4 is 5.32 Å². The highest BCUT2D eigenvalue weighted by atomic mass is 32.1. The molecule has 1 aliphatic rings. The third-order valence-electron chi connectivity index (χ3n) is 2.49. The molecule has 0 atom stereocenters. The van der Waals surface area contributed by atoms with Gasteiger partial charge in [-0.2, -0.15) is 0 Å². The maximum atomic E-state index is 4.17. The zero-order chi connectivity index (χ0) is 10.8. The van der Waals surface area contributed by atoms with Gasteiger partial charge in [-0.05, 0) is 25.0 Å². The van der Waals surface area contributed by atoms with Gasteiger partial charge in [0.2, 0.25) is 0 Å². The van der Waals surface area contributed by atoms with E-state index in [9.17, 15) is 0 Å². The van der Waals surface area contributed by atoms with E-state index in [1.165, 1.54) is 12.8 Å². The summed E-state index contributed by atoms with van der Waals surface area (Å²) in [5, 5.41) is 13.8. The van der Waals surface area contributed by atoms with Crippen molar-refractivity contribution in [3.63, 3.8) is 0 Å². The number of nitrogens with one attached hydrogen (secondary N) is 1. The van der Waals surface area contributed by atoms with Crippen LogP contribution >= 0.6 is 11.3 Å². The monoisotopic (exact) mass is 232 g/mol. The van der Waals surface area contributed by atoms with Crippen LogP contribution in [-0.4, -0.2) is 21.2 Å². The summed E-state index contributed by atoms with van der Waals surface area (Å²) >= 11 is 1.63. The Balaban J connectivity index is 1.71. The smallest absolute Gasteiger partial charge is 0.149 e. The summed E-state index contributed by atoms with van der Waals surface area (Å²) in [7, 11) is 0. The molecule has 0 amide bonds. The van der Waals surface area contributed by atoms with Gasteiger partial charge in [-0.15, -0.1) is 10.2 Å². The van der Waals surface area contributed by atoms with Crippen LogP contribution in [0.15, 0.2) is 24.5 Å². The molecular weight excluding hydrogens is 220 g/mol. The molecule has 0 bridgehead atoms. The summed E-state index contributed by atoms with van der Waals surface area (Å²) in [6.07, 6.45) is 6.18. The van der Waals surface area contributed by atoms with Gasteiger partial charge >= 0.3 is 0 Å². The van der Waals surface area contributed by atoms with Crippen molar-refractivity contribution >= 4 is 11.3 Å². The van der Waals surface area contributed by atoms with E-state index in [1.54, 1.807) is 17.5 Å². The molecule has 2 heterocycles. The van der Waals surface area contributed by atoms with Gasteiger partial charge in [0, 0.05) is 30.5 Å². The second-order valence-electron chi connectivity index (χ2n) is 3.90. The van der Waals surface area contributed by atoms with Crippen molar-refractivity contribution < 1.29 is 0 Å². The fraction of sp³-hybridized carbons (Fsp3) is 0.364. The third-order valence-corrected chi connectivity index (χ3v) is 3.47. The van der Waals surface area contributed by atoms with Crippen LogP contribution in [0.3, 0.4) is 0 Å². The standard InChI is InChI=1S/C11H12N4S/c1-2-8(6-12-5-1)11-15-14-10(16-11)7-13-9-3-4-9/h1-2,5-6,9,13H,3-4,7H2. The van der Waals surface area contributed by atoms with Crippen LogP contribution in [0.4, 0.5) is 0 Å². The second-order valence-corrected chi connectivity index (χ2v) is 4.96. The lowest BCUT2D eigenvalue weighted by Crippen LogP contribution is -2.14. The molecule has 0 radical (unpaired) electrons. The van der Waals surface area contributed by atoms with Crippen LogP contribution in [0, 0.1) is 0 Å². The minimum Gasteiger partial charge on any atom is -0.308 e. The Labute approximate surface area is 97.8 Å². The van der Waals surface area contributed by atoms with E-state index in [4.69, 9.17) is 0 Å². The quantitative estimate of drug-likeness (QED) is 0.874. The van der Waals surface area contributed by atoms with Gasteiger partial charge in [0.1, 0.15) is 10.0 Å². The van der Waals surface area contributed by atoms with Crippen molar-refractivity contribution in [2.24, 2.45) is 0 Å². The summed E-state index contributed by atoms with van der Waals surface area (Å²) in [4.78, 5) is 4.08. The fourth-order valence-corrected chi connectivity index (χ4v) is 2.23. The van der Waals surface area contributed by atoms with E-state index in [-0.39, 0.29) is 0 Å². The zero-order valence-corrected chi connectivity index (χ0v) is 9.57. The molecule has 82 valence electrons. The van der Waals surface area contributed by atoms with Gasteiger partial charge in [0.15, 0.2) is 0 Å². The number of pyridine rings is 1. The fourth-order valence-electron chi connectivity index (χ4n) is 1.45. The number of aromatic nitrogens is 3. The molecule has 0 spiro atoms. The highest BCUT2D eigenvalue weighted by Crippen LogP contribution is 2.23. The molecule has 0 unspecified atom stereocenters. The molecule has 1 fully saturated rings. The molecule has 1 N–H and O–H groups in total. The summed E-state index contributed by atoms with van der Waals surface area (Å²) in [5.74, 6) is 0. The molecule has 4 nitrogen and oxygen atoms in total. The molecule has 1 saturated carbocycles. The Hall–Kier alpha value is -1.33. The number of hydrogen-bond acceptors (Lipinski definition) is 5. The predicted octanol–water partition coefficient (Wildman–Crippen LogP) is 1.85. The predicted molar refractivity (Wildman–Crippen MR) is 63.0 cm³/mol. The van der Waals surface area contributed by atoms with Crippen molar-refractivity contribution in [1.29, 1.82) is 0 Å². The van der Waals surface area contributed by atoms with E-state index in [2.05, 4.69) is 20.5 Å². The first kappa shape index (κ1) is 9.86. The van der Waals surface area contributed by atoms with Crippen LogP contribution in [0.2, 0.25) is 0 Å². The molecule has 16 heavy (non-hydrogen) atoms. The lowest BCUT2D eigenvalue weighted by molar-refractivity contribution is 0.679. The Kier molecular flexibility index (Phi) is 2.63. The Morgan fingerprint density at radius 3 is 3.06 bits per heavy atom. The van der Waals surface area contributed by atoms with Gasteiger partial charge in [-0.25, -0.2) is 0 Å². The maximum Gasteiger partial charge on any atom is 0.149 e. The summed E-state index contributed by atoms with van der Waals surface area (Å²) in [6.45, 7) is 0.836. The van der Waals surface area contributed by atoms with Crippen molar-refractivity contribution in [3.05, 3.63) is 29.5 Å². The molecule has 2 aromatic heterocycles. The Bertz CT molecular complexity index is 464. The Morgan fingerprint density at radius 2 is 2.31 bits per heavy atom. The molecule has 0 aliphatic heterocycles. The normalized spacial score (nSPS) is 15.2. The average Bonchev–Trinajstić information content (AvgIpc) is 3.05. The topological polar surface area (TPSA) is 50.7 Å². The number of nitrogens with zero attached hydrogens (tertiary/aromatic N) is 3. The summed E-state index contributed by atoms with van der Waals surface area (Å²) in [6, 6.07) is 4.63. The van der Waals surface area contributed by atoms with Gasteiger partial charge in [-0.3, -0.25) is 4.98 Å². The maximum absolute atomic E-state index is 4.17. The van der Waals surface area contributed by atoms with E-state index >= 15 is 0 Å². The van der Waals surface area contributed by atoms with Crippen LogP contribution in [0.25, 0.3) is 10.6 Å². The lowest BCUT2D eigenvalue weighted by atomic mass is 10.3. The van der Waals surface area contributed by atoms with E-state index < -0.39 is 0 Å². The minimum absolute atomic E-state index is 0.714. The van der Waals surface area contributed by atoms with Crippen molar-refractivity contribution in [1.82, 2.24) is 20.5 Å². The molecule has 3 rings (SSSR count). The van der Waals surface area contributed by atoms with Crippen molar-refractivity contribution in [2.75, 3.05) is 0 Å². The first-order chi connectivity index (χ1) is 7.92. The number of hydrogen-bond donors (Lipinski definition) is 1. The highest BCUT2D eigenvalue weighted by Gasteiger charge is 2.20. The SMILES string of the molecule is c1cncc(-c2nnc(CNC3CC3)s2)c1. The largest absolute Gasteiger partial charge is 0.308 e. The minimum atomic E-state index is 0.714.